The van der Waals surface area contributed by atoms with Crippen molar-refractivity contribution in [2.45, 2.75) is 130 Å². The number of nitrogens with zero attached hydrogens (tertiary/aromatic N) is 4. The zero-order valence-electron chi connectivity index (χ0n) is 22.2. The van der Waals surface area contributed by atoms with Crippen molar-refractivity contribution >= 4 is 23.3 Å². The van der Waals surface area contributed by atoms with Crippen LogP contribution in [0.2, 0.25) is 0 Å². The second-order valence-corrected chi connectivity index (χ2v) is 13.2. The van der Waals surface area contributed by atoms with Gasteiger partial charge in [0.15, 0.2) is 11.7 Å². The van der Waals surface area contributed by atoms with Crippen molar-refractivity contribution in [3.63, 3.8) is 0 Å². The summed E-state index contributed by atoms with van der Waals surface area (Å²) in [7, 11) is 0. The van der Waals surface area contributed by atoms with Crippen LogP contribution in [0.1, 0.15) is 108 Å². The summed E-state index contributed by atoms with van der Waals surface area (Å²) in [5.74, 6) is 2.55. The Labute approximate surface area is 196 Å². The van der Waals surface area contributed by atoms with Gasteiger partial charge < -0.3 is 10.6 Å². The van der Waals surface area contributed by atoms with Crippen LogP contribution in [-0.2, 0) is 0 Å². The van der Waals surface area contributed by atoms with Gasteiger partial charge in [0.25, 0.3) is 0 Å². The molecule has 0 amide bonds. The number of aliphatic imine (C=N–C) groups is 4. The molecule has 6 heteroatoms. The number of fused-ring (bicyclic) bond motifs is 2. The lowest BCUT2D eigenvalue weighted by atomic mass is 9.79. The number of nitrogens with one attached hydrogen (secondary N) is 2. The molecular formula is C26H46N6. The third-order valence-corrected chi connectivity index (χ3v) is 6.25. The second kappa shape index (κ2) is 8.66. The minimum atomic E-state index is -0.0770. The van der Waals surface area contributed by atoms with Crippen molar-refractivity contribution in [1.82, 2.24) is 10.6 Å². The van der Waals surface area contributed by atoms with Crippen LogP contribution in [-0.4, -0.2) is 46.0 Å². The maximum Gasteiger partial charge on any atom is 0.226 e. The van der Waals surface area contributed by atoms with Gasteiger partial charge in [-0.3, -0.25) is 4.99 Å². The van der Waals surface area contributed by atoms with E-state index in [0.717, 1.165) is 50.2 Å². The van der Waals surface area contributed by atoms with Crippen molar-refractivity contribution in [2.24, 2.45) is 31.3 Å². The molecule has 3 heterocycles. The molecule has 0 aliphatic carbocycles. The van der Waals surface area contributed by atoms with E-state index in [1.165, 1.54) is 5.71 Å². The molecule has 32 heavy (non-hydrogen) atoms. The van der Waals surface area contributed by atoms with E-state index in [1.54, 1.807) is 0 Å². The van der Waals surface area contributed by atoms with Crippen LogP contribution in [0.5, 0.6) is 0 Å². The molecule has 0 aromatic carbocycles. The summed E-state index contributed by atoms with van der Waals surface area (Å²) >= 11 is 0. The maximum atomic E-state index is 5.34. The monoisotopic (exact) mass is 442 g/mol. The Kier molecular flexibility index (Phi) is 6.78. The predicted molar refractivity (Wildman–Crippen MR) is 138 cm³/mol. The van der Waals surface area contributed by atoms with Gasteiger partial charge in [-0.25, -0.2) is 4.99 Å². The molecule has 1 unspecified atom stereocenters. The molecule has 1 fully saturated rings. The number of guanidine groups is 1. The van der Waals surface area contributed by atoms with E-state index in [1.807, 2.05) is 0 Å². The number of hydrogen-bond donors (Lipinski definition) is 2. The Morgan fingerprint density at radius 1 is 1.00 bits per heavy atom. The highest BCUT2D eigenvalue weighted by atomic mass is 15.3. The van der Waals surface area contributed by atoms with E-state index in [9.17, 15) is 0 Å². The lowest BCUT2D eigenvalue weighted by Crippen LogP contribution is -2.59. The first kappa shape index (κ1) is 25.1. The third-order valence-electron chi connectivity index (χ3n) is 6.25. The molecule has 0 spiro atoms. The summed E-state index contributed by atoms with van der Waals surface area (Å²) < 4.78 is 0. The Hall–Kier alpha value is -1.56. The minimum Gasteiger partial charge on any atom is -0.349 e. The Morgan fingerprint density at radius 2 is 1.59 bits per heavy atom. The van der Waals surface area contributed by atoms with Gasteiger partial charge in [0.05, 0.1) is 6.04 Å². The van der Waals surface area contributed by atoms with Gasteiger partial charge in [-0.15, -0.1) is 0 Å². The van der Waals surface area contributed by atoms with Crippen LogP contribution in [0.3, 0.4) is 0 Å². The van der Waals surface area contributed by atoms with E-state index in [-0.39, 0.29) is 27.9 Å². The fourth-order valence-corrected chi connectivity index (χ4v) is 5.98. The summed E-state index contributed by atoms with van der Waals surface area (Å²) in [6, 6.07) is 0.322. The molecule has 2 bridgehead atoms. The number of piperidine rings is 1. The smallest absolute Gasteiger partial charge is 0.226 e. The zero-order valence-corrected chi connectivity index (χ0v) is 22.2. The Balaban J connectivity index is 1.77. The number of amidine groups is 2. The molecule has 3 aliphatic rings. The Bertz CT molecular complexity index is 814. The molecular weight excluding hydrogens is 396 g/mol. The van der Waals surface area contributed by atoms with Crippen LogP contribution >= 0.6 is 0 Å². The van der Waals surface area contributed by atoms with Gasteiger partial charge in [0, 0.05) is 22.3 Å². The molecule has 1 atom stereocenters. The van der Waals surface area contributed by atoms with Gasteiger partial charge in [-0.2, -0.15) is 9.98 Å². The molecule has 0 aromatic rings. The van der Waals surface area contributed by atoms with Crippen molar-refractivity contribution < 1.29 is 0 Å². The van der Waals surface area contributed by atoms with Crippen molar-refractivity contribution in [1.29, 1.82) is 0 Å². The van der Waals surface area contributed by atoms with Crippen LogP contribution < -0.4 is 10.6 Å². The SMILES string of the molecule is CCCCC(=NC1CC(C)(C)NC(C)(C)C1)C1c2nc(NC(C)(C)CC(C)(C)C)nc1n2. The molecule has 6 nitrogen and oxygen atoms in total. The first-order valence-corrected chi connectivity index (χ1v) is 12.5. The summed E-state index contributed by atoms with van der Waals surface area (Å²) in [6.45, 7) is 22.6. The van der Waals surface area contributed by atoms with Crippen LogP contribution in [0.15, 0.2) is 20.0 Å². The van der Waals surface area contributed by atoms with Gasteiger partial charge in [-0.1, -0.05) is 34.1 Å². The summed E-state index contributed by atoms with van der Waals surface area (Å²) in [5.41, 5.74) is 1.56. The van der Waals surface area contributed by atoms with Gasteiger partial charge in [0.1, 0.15) is 5.92 Å². The molecule has 0 saturated carbocycles. The van der Waals surface area contributed by atoms with Crippen LogP contribution in [0.4, 0.5) is 0 Å². The summed E-state index contributed by atoms with van der Waals surface area (Å²) in [4.78, 5) is 19.5. The number of unbranched alkanes of at least 4 members (excludes halogenated alkanes) is 1. The predicted octanol–water partition coefficient (Wildman–Crippen LogP) is 5.53. The van der Waals surface area contributed by atoms with Crippen molar-refractivity contribution in [3.8, 4) is 0 Å². The van der Waals surface area contributed by atoms with E-state index >= 15 is 0 Å². The highest BCUT2D eigenvalue weighted by Crippen LogP contribution is 2.33. The molecule has 3 rings (SSSR count). The summed E-state index contributed by atoms with van der Waals surface area (Å²) in [6.07, 6.45) is 6.43. The topological polar surface area (TPSA) is 73.5 Å². The van der Waals surface area contributed by atoms with Crippen LogP contribution in [0.25, 0.3) is 0 Å². The largest absolute Gasteiger partial charge is 0.349 e. The lowest BCUT2D eigenvalue weighted by molar-refractivity contribution is 0.164. The van der Waals surface area contributed by atoms with Crippen LogP contribution in [0, 0.1) is 11.3 Å². The molecule has 2 N–H and O–H groups in total. The van der Waals surface area contributed by atoms with E-state index in [2.05, 4.69) is 84.9 Å². The van der Waals surface area contributed by atoms with Gasteiger partial charge in [0.2, 0.25) is 5.96 Å². The lowest BCUT2D eigenvalue weighted by Gasteiger charge is -2.45. The molecule has 1 saturated heterocycles. The highest BCUT2D eigenvalue weighted by molar-refractivity contribution is 6.37. The number of rotatable bonds is 7. The standard InChI is InChI=1S/C26H46N6/c1-11-12-13-18(27-17-14-24(5,6)32-25(7,8)15-17)19-20-28-21(19)30-22(29-20)31-26(9,10)16-23(2,3)4/h17,19,32H,11-16H2,1-10H3,(H,28,29,30,31). The molecule has 0 radical (unpaired) electrons. The fourth-order valence-electron chi connectivity index (χ4n) is 5.98. The third kappa shape index (κ3) is 6.49. The molecule has 180 valence electrons. The average Bonchev–Trinajstić information content (AvgIpc) is 2.53. The first-order chi connectivity index (χ1) is 14.6. The van der Waals surface area contributed by atoms with Crippen molar-refractivity contribution in [3.05, 3.63) is 0 Å². The van der Waals surface area contributed by atoms with E-state index in [0.29, 0.717) is 12.0 Å². The van der Waals surface area contributed by atoms with Gasteiger partial charge in [-0.05, 0) is 79.1 Å². The average molecular weight is 443 g/mol. The fraction of sp³-hybridized carbons (Fsp3) is 0.846. The highest BCUT2D eigenvalue weighted by Gasteiger charge is 2.42. The zero-order chi connectivity index (χ0) is 23.9. The Morgan fingerprint density at radius 3 is 2.09 bits per heavy atom. The molecule has 3 aliphatic heterocycles. The van der Waals surface area contributed by atoms with E-state index in [4.69, 9.17) is 15.0 Å². The number of hydrogen-bond acceptors (Lipinski definition) is 6. The summed E-state index contributed by atoms with van der Waals surface area (Å²) in [5, 5.41) is 7.32. The van der Waals surface area contributed by atoms with Gasteiger partial charge >= 0.3 is 0 Å². The second-order valence-electron chi connectivity index (χ2n) is 13.2. The molecule has 0 aromatic heterocycles. The van der Waals surface area contributed by atoms with Crippen molar-refractivity contribution in [2.75, 3.05) is 0 Å². The maximum absolute atomic E-state index is 5.34. The normalized spacial score (nSPS) is 25.5. The minimum absolute atomic E-state index is 0.0770. The quantitative estimate of drug-likeness (QED) is 0.509. The first-order valence-electron chi connectivity index (χ1n) is 12.5. The van der Waals surface area contributed by atoms with E-state index < -0.39 is 0 Å².